The second-order valence-electron chi connectivity index (χ2n) is 11.0. The molecule has 0 aliphatic carbocycles. The highest BCUT2D eigenvalue weighted by molar-refractivity contribution is 6.33. The molecule has 250 valence electrons. The molecule has 4 aromatic rings. The lowest BCUT2D eigenvalue weighted by Crippen LogP contribution is -2.50. The van der Waals surface area contributed by atoms with Crippen molar-refractivity contribution in [2.24, 2.45) is 5.11 Å². The number of amides is 2. The van der Waals surface area contributed by atoms with Crippen molar-refractivity contribution >= 4 is 57.7 Å². The van der Waals surface area contributed by atoms with E-state index in [0.29, 0.717) is 64.5 Å². The summed E-state index contributed by atoms with van der Waals surface area (Å²) in [6.45, 7) is 2.45. The van der Waals surface area contributed by atoms with Crippen LogP contribution >= 0.6 is 23.2 Å². The van der Waals surface area contributed by atoms with Gasteiger partial charge in [0.15, 0.2) is 29.8 Å². The van der Waals surface area contributed by atoms with Crippen molar-refractivity contribution < 1.29 is 24.2 Å². The van der Waals surface area contributed by atoms with Crippen molar-refractivity contribution in [1.82, 2.24) is 29.7 Å². The topological polar surface area (TPSA) is 196 Å². The molecule has 4 atom stereocenters. The van der Waals surface area contributed by atoms with Gasteiger partial charge in [-0.2, -0.15) is 0 Å². The van der Waals surface area contributed by atoms with Gasteiger partial charge in [0.2, 0.25) is 5.91 Å². The minimum Gasteiger partial charge on any atom is -0.483 e. The maximum Gasteiger partial charge on any atom is 0.260 e. The molecule has 0 bridgehead atoms. The van der Waals surface area contributed by atoms with E-state index in [-0.39, 0.29) is 19.1 Å². The number of carbonyl (C=O) groups excluding carboxylic acids is 2. The predicted octanol–water partition coefficient (Wildman–Crippen LogP) is 3.16. The Kier molecular flexibility index (Phi) is 9.98. The number of azide groups is 1. The molecule has 6 rings (SSSR count). The number of fused-ring (bicyclic) bond motifs is 1. The highest BCUT2D eigenvalue weighted by Gasteiger charge is 2.48. The molecule has 0 radical (unpaired) electrons. The molecule has 2 fully saturated rings. The van der Waals surface area contributed by atoms with Crippen LogP contribution in [0, 0.1) is 0 Å². The van der Waals surface area contributed by atoms with Crippen LogP contribution in [0.4, 0.5) is 11.5 Å². The number of anilines is 2. The van der Waals surface area contributed by atoms with E-state index in [0.717, 1.165) is 5.69 Å². The zero-order chi connectivity index (χ0) is 33.8. The number of aliphatic hydroxyl groups excluding tert-OH is 1. The summed E-state index contributed by atoms with van der Waals surface area (Å²) in [7, 11) is 1.41. The van der Waals surface area contributed by atoms with Gasteiger partial charge in [-0.05, 0) is 35.9 Å². The van der Waals surface area contributed by atoms with Gasteiger partial charge in [0, 0.05) is 55.3 Å². The van der Waals surface area contributed by atoms with Crippen molar-refractivity contribution in [2.75, 3.05) is 50.1 Å². The molecule has 4 heterocycles. The third-order valence-corrected chi connectivity index (χ3v) is 8.76. The normalized spacial score (nSPS) is 20.8. The second kappa shape index (κ2) is 14.5. The number of carbonyl (C=O) groups is 2. The highest BCUT2D eigenvalue weighted by Crippen LogP contribution is 2.34. The largest absolute Gasteiger partial charge is 0.483 e. The summed E-state index contributed by atoms with van der Waals surface area (Å²) < 4.78 is 13.2. The number of aliphatic hydroxyl groups is 1. The Morgan fingerprint density at radius 1 is 1.15 bits per heavy atom. The number of rotatable bonds is 10. The number of piperazine rings is 1. The molecule has 16 nitrogen and oxygen atoms in total. The van der Waals surface area contributed by atoms with Crippen LogP contribution in [0.1, 0.15) is 11.8 Å². The Bertz CT molecular complexity index is 1860. The molecule has 2 aliphatic heterocycles. The molecule has 0 saturated carbocycles. The number of hydrogen-bond donors (Lipinski definition) is 3. The first-order chi connectivity index (χ1) is 23.3. The second-order valence-corrected chi connectivity index (χ2v) is 11.9. The summed E-state index contributed by atoms with van der Waals surface area (Å²) in [5, 5.41) is 21.3. The molecular formula is C30H31Cl2N11O5. The first-order valence-corrected chi connectivity index (χ1v) is 15.7. The monoisotopic (exact) mass is 695 g/mol. The molecule has 2 aromatic carbocycles. The Morgan fingerprint density at radius 3 is 2.69 bits per heavy atom. The lowest BCUT2D eigenvalue weighted by atomic mass is 10.1. The number of nitrogens with zero attached hydrogens (tertiary/aromatic N) is 9. The van der Waals surface area contributed by atoms with Crippen molar-refractivity contribution in [2.45, 2.75) is 31.0 Å². The average Bonchev–Trinajstić information content (AvgIpc) is 3.68. The number of para-hydroxylation sites is 1. The molecule has 2 saturated heterocycles. The van der Waals surface area contributed by atoms with Crippen molar-refractivity contribution in [1.29, 1.82) is 0 Å². The van der Waals surface area contributed by atoms with Gasteiger partial charge in [-0.25, -0.2) is 15.0 Å². The molecule has 0 unspecified atom stereocenters. The summed E-state index contributed by atoms with van der Waals surface area (Å²) in [4.78, 5) is 45.1. The van der Waals surface area contributed by atoms with E-state index in [1.807, 2.05) is 24.3 Å². The zero-order valence-electron chi connectivity index (χ0n) is 25.6. The maximum atomic E-state index is 13.1. The third kappa shape index (κ3) is 6.74. The van der Waals surface area contributed by atoms with Crippen LogP contribution in [-0.2, 0) is 20.9 Å². The molecule has 3 N–H and O–H groups in total. The first-order valence-electron chi connectivity index (χ1n) is 15.0. The highest BCUT2D eigenvalue weighted by atomic mass is 35.5. The summed E-state index contributed by atoms with van der Waals surface area (Å²) >= 11 is 12.7. The van der Waals surface area contributed by atoms with Crippen LogP contribution in [-0.4, -0.2) is 99.4 Å². The number of benzene rings is 2. The third-order valence-electron chi connectivity index (χ3n) is 8.21. The fourth-order valence-electron chi connectivity index (χ4n) is 5.75. The number of ether oxygens (including phenoxy) is 2. The average molecular weight is 697 g/mol. The van der Waals surface area contributed by atoms with E-state index >= 15 is 0 Å². The van der Waals surface area contributed by atoms with E-state index in [4.69, 9.17) is 38.2 Å². The number of aromatic nitrogens is 4. The Labute approximate surface area is 284 Å². The van der Waals surface area contributed by atoms with Gasteiger partial charge in [-0.15, -0.1) is 0 Å². The van der Waals surface area contributed by atoms with Crippen LogP contribution in [0.25, 0.3) is 21.6 Å². The molecule has 2 aromatic heterocycles. The van der Waals surface area contributed by atoms with Gasteiger partial charge in [0.25, 0.3) is 5.91 Å². The first kappa shape index (κ1) is 33.1. The molecule has 0 spiro atoms. The maximum absolute atomic E-state index is 13.1. The zero-order valence-corrected chi connectivity index (χ0v) is 27.1. The lowest BCUT2D eigenvalue weighted by Gasteiger charge is -2.36. The standard InChI is InChI=1S/C30H31Cl2N11O5/c1-34-29(46)26-23(39-40-33)25(45)30(48-26)43-16-38-24-27(36-15-37-28(24)43)35-13-17-12-18(31)6-7-21(17)47-14-22(44)42-10-8-41(9-11-42)20-5-3-2-4-19(20)32/h2-7,12,15-16,23,25-26,30,45H,8-11,13-14H2,1H3,(H,34,46)(H,35,36,37)/t23-,25+,26-,30+/m0/s1. The van der Waals surface area contributed by atoms with Gasteiger partial charge >= 0.3 is 0 Å². The molecule has 2 aliphatic rings. The Balaban J connectivity index is 1.11. The molecular weight excluding hydrogens is 665 g/mol. The van der Waals surface area contributed by atoms with Crippen molar-refractivity contribution in [3.05, 3.63) is 81.2 Å². The Hall–Kier alpha value is -4.86. The van der Waals surface area contributed by atoms with E-state index in [1.54, 1.807) is 23.1 Å². The number of imidazole rings is 1. The van der Waals surface area contributed by atoms with Crippen LogP contribution in [0.2, 0.25) is 10.0 Å². The van der Waals surface area contributed by atoms with E-state index in [1.165, 1.54) is 24.3 Å². The fraction of sp³-hybridized carbons (Fsp3) is 0.367. The van der Waals surface area contributed by atoms with Crippen molar-refractivity contribution in [3.8, 4) is 5.75 Å². The smallest absolute Gasteiger partial charge is 0.260 e. The van der Waals surface area contributed by atoms with Crippen LogP contribution in [0.15, 0.2) is 60.2 Å². The van der Waals surface area contributed by atoms with E-state index < -0.39 is 30.4 Å². The van der Waals surface area contributed by atoms with Crippen LogP contribution in [0.3, 0.4) is 0 Å². The predicted molar refractivity (Wildman–Crippen MR) is 177 cm³/mol. The Morgan fingerprint density at radius 2 is 1.94 bits per heavy atom. The minimum atomic E-state index is -1.35. The van der Waals surface area contributed by atoms with Crippen LogP contribution < -0.4 is 20.3 Å². The van der Waals surface area contributed by atoms with Gasteiger partial charge in [0.05, 0.1) is 17.0 Å². The molecule has 48 heavy (non-hydrogen) atoms. The molecule has 18 heteroatoms. The number of halogens is 2. The number of hydrogen-bond acceptors (Lipinski definition) is 11. The van der Waals surface area contributed by atoms with E-state index in [9.17, 15) is 14.7 Å². The minimum absolute atomic E-state index is 0.136. The summed E-state index contributed by atoms with van der Waals surface area (Å²) in [6.07, 6.45) is -0.975. The van der Waals surface area contributed by atoms with Crippen LogP contribution in [0.5, 0.6) is 5.75 Å². The number of likely N-dealkylation sites (N-methyl/N-ethyl adjacent to an activating group) is 1. The number of nitrogens with one attached hydrogen (secondary N) is 2. The summed E-state index contributed by atoms with van der Waals surface area (Å²) in [6, 6.07) is 11.6. The SMILES string of the molecule is CNC(=O)[C@H]1O[C@@H](n2cnc3c(NCc4cc(Cl)ccc4OCC(=O)N4CCN(c5ccccc5Cl)CC4)ncnc32)[C@H](O)[C@@H]1N=[N+]=[N-]. The summed E-state index contributed by atoms with van der Waals surface area (Å²) in [5.74, 6) is 0.146. The summed E-state index contributed by atoms with van der Waals surface area (Å²) in [5.41, 5.74) is 11.3. The van der Waals surface area contributed by atoms with E-state index in [2.05, 4.69) is 40.5 Å². The molecule has 2 amide bonds. The fourth-order valence-corrected chi connectivity index (χ4v) is 6.20. The van der Waals surface area contributed by atoms with Gasteiger partial charge in [0.1, 0.15) is 30.3 Å². The van der Waals surface area contributed by atoms with Gasteiger partial charge in [-0.3, -0.25) is 14.2 Å². The van der Waals surface area contributed by atoms with Gasteiger partial charge in [-0.1, -0.05) is 40.4 Å². The quantitative estimate of drug-likeness (QED) is 0.126. The lowest BCUT2D eigenvalue weighted by molar-refractivity contribution is -0.134. The van der Waals surface area contributed by atoms with Crippen molar-refractivity contribution in [3.63, 3.8) is 0 Å². The van der Waals surface area contributed by atoms with Gasteiger partial charge < -0.3 is 35.0 Å².